The van der Waals surface area contributed by atoms with Gasteiger partial charge in [0.05, 0.1) is 11.5 Å². The molecule has 1 atom stereocenters. The fourth-order valence-corrected chi connectivity index (χ4v) is 3.78. The van der Waals surface area contributed by atoms with Crippen molar-refractivity contribution < 1.29 is 9.53 Å². The summed E-state index contributed by atoms with van der Waals surface area (Å²) in [6.45, 7) is 6.00. The highest BCUT2D eigenvalue weighted by Crippen LogP contribution is 2.32. The van der Waals surface area contributed by atoms with Crippen LogP contribution in [0.15, 0.2) is 24.3 Å². The lowest BCUT2D eigenvalue weighted by Crippen LogP contribution is -2.64. The Bertz CT molecular complexity index is 557. The maximum atomic E-state index is 13.2. The Morgan fingerprint density at radius 3 is 2.75 bits per heavy atom. The van der Waals surface area contributed by atoms with Gasteiger partial charge in [0, 0.05) is 37.8 Å². The fourth-order valence-electron chi connectivity index (χ4n) is 3.65. The van der Waals surface area contributed by atoms with Gasteiger partial charge in [-0.15, -0.1) is 0 Å². The van der Waals surface area contributed by atoms with Gasteiger partial charge in [0.1, 0.15) is 0 Å². The molecule has 0 bridgehead atoms. The van der Waals surface area contributed by atoms with Crippen LogP contribution in [0.25, 0.3) is 0 Å². The first-order valence-corrected chi connectivity index (χ1v) is 9.37. The topological polar surface area (TPSA) is 41.6 Å². The summed E-state index contributed by atoms with van der Waals surface area (Å²) in [5.41, 5.74) is 0.866. The predicted octanol–water partition coefficient (Wildman–Crippen LogP) is 2.89. The Morgan fingerprint density at radius 2 is 2.12 bits per heavy atom. The number of amides is 1. The van der Waals surface area contributed by atoms with E-state index in [-0.39, 0.29) is 17.4 Å². The van der Waals surface area contributed by atoms with Gasteiger partial charge in [-0.1, -0.05) is 30.7 Å². The van der Waals surface area contributed by atoms with Gasteiger partial charge in [0.2, 0.25) is 5.91 Å². The minimum Gasteiger partial charge on any atom is -0.376 e. The number of carbonyl (C=O) groups is 1. The van der Waals surface area contributed by atoms with Crippen LogP contribution in [0.1, 0.15) is 31.7 Å². The Balaban J connectivity index is 1.65. The second kappa shape index (κ2) is 7.85. The first-order chi connectivity index (χ1) is 11.6. The van der Waals surface area contributed by atoms with E-state index in [1.807, 2.05) is 29.2 Å². The van der Waals surface area contributed by atoms with E-state index in [1.165, 1.54) is 5.56 Å². The number of benzene rings is 1. The highest BCUT2D eigenvalue weighted by atomic mass is 35.5. The number of nitrogens with zero attached hydrogens (tertiary/aromatic N) is 1. The lowest BCUT2D eigenvalue weighted by Gasteiger charge is -2.46. The molecule has 1 amide bonds. The zero-order valence-corrected chi connectivity index (χ0v) is 15.1. The number of hydrogen-bond acceptors (Lipinski definition) is 3. The van der Waals surface area contributed by atoms with Crippen molar-refractivity contribution in [1.29, 1.82) is 0 Å². The third-order valence-electron chi connectivity index (χ3n) is 5.06. The van der Waals surface area contributed by atoms with Crippen LogP contribution in [0, 0.1) is 5.41 Å². The molecule has 2 aliphatic rings. The number of likely N-dealkylation sites (tertiary alicyclic amines) is 1. The largest absolute Gasteiger partial charge is 0.376 e. The third-order valence-corrected chi connectivity index (χ3v) is 5.31. The molecule has 2 fully saturated rings. The van der Waals surface area contributed by atoms with Crippen molar-refractivity contribution >= 4 is 17.5 Å². The first kappa shape index (κ1) is 17.7. The normalized spacial score (nSPS) is 22.9. The summed E-state index contributed by atoms with van der Waals surface area (Å²) in [7, 11) is 0. The Kier molecular flexibility index (Phi) is 5.80. The van der Waals surface area contributed by atoms with E-state index in [0.29, 0.717) is 0 Å². The molecule has 1 unspecified atom stereocenters. The van der Waals surface area contributed by atoms with Crippen LogP contribution in [-0.4, -0.2) is 49.7 Å². The Morgan fingerprint density at radius 1 is 1.38 bits per heavy atom. The number of nitrogens with one attached hydrogen (secondary N) is 1. The van der Waals surface area contributed by atoms with E-state index in [1.54, 1.807) is 0 Å². The number of ether oxygens (including phenoxy) is 1. The van der Waals surface area contributed by atoms with E-state index in [4.69, 9.17) is 16.3 Å². The zero-order chi connectivity index (χ0) is 17.0. The molecule has 1 N–H and O–H groups in total. The van der Waals surface area contributed by atoms with Crippen LogP contribution in [0.5, 0.6) is 0 Å². The minimum absolute atomic E-state index is 0.197. The van der Waals surface area contributed by atoms with Crippen molar-refractivity contribution in [3.05, 3.63) is 34.9 Å². The summed E-state index contributed by atoms with van der Waals surface area (Å²) in [4.78, 5) is 15.2. The molecule has 132 valence electrons. The average molecular weight is 351 g/mol. The predicted molar refractivity (Wildman–Crippen MR) is 96.3 cm³/mol. The van der Waals surface area contributed by atoms with Gasteiger partial charge in [-0.05, 0) is 43.4 Å². The van der Waals surface area contributed by atoms with Gasteiger partial charge in [-0.3, -0.25) is 4.79 Å². The van der Waals surface area contributed by atoms with Crippen molar-refractivity contribution in [3.8, 4) is 0 Å². The minimum atomic E-state index is -0.305. The Hall–Kier alpha value is -1.10. The second-order valence-corrected chi connectivity index (χ2v) is 7.51. The maximum absolute atomic E-state index is 13.2. The van der Waals surface area contributed by atoms with Crippen molar-refractivity contribution in [3.63, 3.8) is 0 Å². The van der Waals surface area contributed by atoms with E-state index in [9.17, 15) is 4.79 Å². The maximum Gasteiger partial charge on any atom is 0.231 e. The van der Waals surface area contributed by atoms with Gasteiger partial charge in [0.15, 0.2) is 0 Å². The number of hydrogen-bond donors (Lipinski definition) is 1. The quantitative estimate of drug-likeness (QED) is 0.857. The van der Waals surface area contributed by atoms with Gasteiger partial charge >= 0.3 is 0 Å². The summed E-state index contributed by atoms with van der Waals surface area (Å²) < 4.78 is 5.88. The molecule has 0 spiro atoms. The fraction of sp³-hybridized carbons (Fsp3) is 0.632. The molecule has 0 radical (unpaired) electrons. The lowest BCUT2D eigenvalue weighted by molar-refractivity contribution is -0.149. The van der Waals surface area contributed by atoms with Crippen LogP contribution < -0.4 is 5.32 Å². The van der Waals surface area contributed by atoms with Gasteiger partial charge in [-0.25, -0.2) is 0 Å². The summed E-state index contributed by atoms with van der Waals surface area (Å²) >= 11 is 5.97. The average Bonchev–Trinajstić information content (AvgIpc) is 2.57. The standard InChI is InChI=1S/C19H27ClN2O2/c1-2-10-24-17-4-3-9-22(12-17)18(23)19(13-21-14-19)11-15-5-7-16(20)8-6-15/h5-8,17,21H,2-4,9-14H2,1H3. The zero-order valence-electron chi connectivity index (χ0n) is 14.4. The van der Waals surface area contributed by atoms with E-state index >= 15 is 0 Å². The number of piperidine rings is 1. The van der Waals surface area contributed by atoms with E-state index in [2.05, 4.69) is 12.2 Å². The van der Waals surface area contributed by atoms with E-state index < -0.39 is 0 Å². The molecule has 3 rings (SSSR count). The molecule has 4 nitrogen and oxygen atoms in total. The van der Waals surface area contributed by atoms with Crippen molar-refractivity contribution in [1.82, 2.24) is 10.2 Å². The van der Waals surface area contributed by atoms with Crippen molar-refractivity contribution in [2.24, 2.45) is 5.41 Å². The molecule has 5 heteroatoms. The summed E-state index contributed by atoms with van der Waals surface area (Å²) in [6, 6.07) is 7.85. The monoisotopic (exact) mass is 350 g/mol. The van der Waals surface area contributed by atoms with Gasteiger partial charge in [-0.2, -0.15) is 0 Å². The van der Waals surface area contributed by atoms with Crippen molar-refractivity contribution in [2.75, 3.05) is 32.8 Å². The van der Waals surface area contributed by atoms with Gasteiger partial charge < -0.3 is 15.0 Å². The summed E-state index contributed by atoms with van der Waals surface area (Å²) in [5, 5.41) is 4.03. The summed E-state index contributed by atoms with van der Waals surface area (Å²) in [5.74, 6) is 0.279. The van der Waals surface area contributed by atoms with Crippen molar-refractivity contribution in [2.45, 2.75) is 38.7 Å². The SMILES string of the molecule is CCCOC1CCCN(C(=O)C2(Cc3ccc(Cl)cc3)CNC2)C1. The Labute approximate surface area is 149 Å². The molecular formula is C19H27ClN2O2. The molecule has 24 heavy (non-hydrogen) atoms. The van der Waals surface area contributed by atoms with Crippen LogP contribution in [0.2, 0.25) is 5.02 Å². The molecule has 0 aliphatic carbocycles. The van der Waals surface area contributed by atoms with Crippen LogP contribution in [-0.2, 0) is 16.0 Å². The van der Waals surface area contributed by atoms with Crippen LogP contribution in [0.4, 0.5) is 0 Å². The van der Waals surface area contributed by atoms with Crippen LogP contribution in [0.3, 0.4) is 0 Å². The third kappa shape index (κ3) is 3.93. The van der Waals surface area contributed by atoms with E-state index in [0.717, 1.165) is 63.5 Å². The second-order valence-electron chi connectivity index (χ2n) is 7.07. The molecule has 2 heterocycles. The smallest absolute Gasteiger partial charge is 0.231 e. The first-order valence-electron chi connectivity index (χ1n) is 8.99. The number of halogens is 1. The molecule has 2 aliphatic heterocycles. The highest BCUT2D eigenvalue weighted by Gasteiger charge is 2.47. The molecule has 0 aromatic heterocycles. The highest BCUT2D eigenvalue weighted by molar-refractivity contribution is 6.30. The molecule has 2 saturated heterocycles. The lowest BCUT2D eigenvalue weighted by atomic mass is 9.74. The summed E-state index contributed by atoms with van der Waals surface area (Å²) in [6.07, 6.45) is 4.09. The molecule has 0 saturated carbocycles. The molecular weight excluding hydrogens is 324 g/mol. The molecule has 1 aromatic carbocycles. The number of carbonyl (C=O) groups excluding carboxylic acids is 1. The van der Waals surface area contributed by atoms with Gasteiger partial charge in [0.25, 0.3) is 0 Å². The van der Waals surface area contributed by atoms with Crippen LogP contribution >= 0.6 is 11.6 Å². The number of rotatable bonds is 6. The molecule has 1 aromatic rings.